The van der Waals surface area contributed by atoms with Gasteiger partial charge in [0.15, 0.2) is 11.5 Å². The zero-order valence-electron chi connectivity index (χ0n) is 12.2. The van der Waals surface area contributed by atoms with Crippen molar-refractivity contribution >= 4 is 23.0 Å². The van der Waals surface area contributed by atoms with E-state index < -0.39 is 0 Å². The molecular weight excluding hydrogens is 266 g/mol. The lowest BCUT2D eigenvalue weighted by molar-refractivity contribution is 0.415. The molecule has 0 aliphatic rings. The van der Waals surface area contributed by atoms with E-state index in [0.717, 1.165) is 28.7 Å². The van der Waals surface area contributed by atoms with Crippen molar-refractivity contribution in [2.45, 2.75) is 0 Å². The van der Waals surface area contributed by atoms with Gasteiger partial charge in [0.25, 0.3) is 0 Å². The molecule has 0 unspecified atom stereocenters. The Bertz CT molecular complexity index is 768. The van der Waals surface area contributed by atoms with Gasteiger partial charge in [-0.15, -0.1) is 0 Å². The number of imidazole rings is 1. The molecule has 0 atom stereocenters. The van der Waals surface area contributed by atoms with E-state index in [9.17, 15) is 0 Å². The minimum Gasteiger partial charge on any atom is -0.497 e. The molecule has 3 aromatic rings. The molecule has 1 N–H and O–H groups in total. The van der Waals surface area contributed by atoms with Gasteiger partial charge in [-0.05, 0) is 12.1 Å². The van der Waals surface area contributed by atoms with E-state index >= 15 is 0 Å². The summed E-state index contributed by atoms with van der Waals surface area (Å²) in [5, 5.41) is 3.07. The number of hydrogen-bond acceptors (Lipinski definition) is 5. The number of anilines is 3. The molecule has 6 heteroatoms. The average Bonchev–Trinajstić information content (AvgIpc) is 3.01. The minimum atomic E-state index is 0.778. The van der Waals surface area contributed by atoms with E-state index in [1.165, 1.54) is 0 Å². The highest BCUT2D eigenvalue weighted by molar-refractivity contribution is 5.73. The standard InChI is InChI=1S/C15H17N5O/c1-16-13-10-20-8-7-17-14(20)15(18-13)19(2)11-5-4-6-12(9-11)21-3/h4-10,16H,1-3H3. The first kappa shape index (κ1) is 13.2. The van der Waals surface area contributed by atoms with Gasteiger partial charge in [0.2, 0.25) is 0 Å². The average molecular weight is 283 g/mol. The SMILES string of the molecule is CNc1cn2ccnc2c(N(C)c2cccc(OC)c2)n1. The number of benzene rings is 1. The molecule has 2 aromatic heterocycles. The van der Waals surface area contributed by atoms with Crippen LogP contribution in [0, 0.1) is 0 Å². The van der Waals surface area contributed by atoms with Crippen molar-refractivity contribution in [3.63, 3.8) is 0 Å². The third kappa shape index (κ3) is 2.35. The smallest absolute Gasteiger partial charge is 0.180 e. The van der Waals surface area contributed by atoms with Gasteiger partial charge in [-0.25, -0.2) is 9.97 Å². The maximum Gasteiger partial charge on any atom is 0.180 e. The van der Waals surface area contributed by atoms with Crippen LogP contribution in [0.4, 0.5) is 17.3 Å². The van der Waals surface area contributed by atoms with Crippen LogP contribution in [0.25, 0.3) is 5.65 Å². The van der Waals surface area contributed by atoms with Gasteiger partial charge in [0.05, 0.1) is 13.3 Å². The van der Waals surface area contributed by atoms with E-state index in [1.54, 1.807) is 13.3 Å². The highest BCUT2D eigenvalue weighted by Gasteiger charge is 2.13. The Hall–Kier alpha value is -2.76. The number of methoxy groups -OCH3 is 1. The van der Waals surface area contributed by atoms with Gasteiger partial charge in [0.1, 0.15) is 11.6 Å². The second-order valence-corrected chi connectivity index (χ2v) is 4.62. The second kappa shape index (κ2) is 5.32. The van der Waals surface area contributed by atoms with Gasteiger partial charge < -0.3 is 19.4 Å². The lowest BCUT2D eigenvalue weighted by Crippen LogP contribution is -2.14. The normalized spacial score (nSPS) is 10.6. The van der Waals surface area contributed by atoms with Crippen LogP contribution in [0.15, 0.2) is 42.9 Å². The summed E-state index contributed by atoms with van der Waals surface area (Å²) in [4.78, 5) is 11.0. The summed E-state index contributed by atoms with van der Waals surface area (Å²) in [7, 11) is 5.47. The van der Waals surface area contributed by atoms with E-state index in [2.05, 4.69) is 15.3 Å². The molecule has 0 fully saturated rings. The van der Waals surface area contributed by atoms with Crippen molar-refractivity contribution in [3.8, 4) is 5.75 Å². The summed E-state index contributed by atoms with van der Waals surface area (Å²) >= 11 is 0. The maximum absolute atomic E-state index is 5.28. The molecule has 0 radical (unpaired) electrons. The Balaban J connectivity index is 2.11. The van der Waals surface area contributed by atoms with Crippen LogP contribution in [-0.4, -0.2) is 35.6 Å². The summed E-state index contributed by atoms with van der Waals surface area (Å²) in [5.74, 6) is 2.37. The van der Waals surface area contributed by atoms with Crippen LogP contribution >= 0.6 is 0 Å². The lowest BCUT2D eigenvalue weighted by atomic mass is 10.3. The third-order valence-electron chi connectivity index (χ3n) is 3.37. The Kier molecular flexibility index (Phi) is 3.35. The monoisotopic (exact) mass is 283 g/mol. The molecule has 6 nitrogen and oxygen atoms in total. The van der Waals surface area contributed by atoms with Crippen LogP contribution in [0.3, 0.4) is 0 Å². The molecule has 0 saturated carbocycles. The fourth-order valence-corrected chi connectivity index (χ4v) is 2.20. The molecule has 3 rings (SSSR count). The molecule has 1 aromatic carbocycles. The summed E-state index contributed by atoms with van der Waals surface area (Å²) in [5.41, 5.74) is 1.79. The number of nitrogens with one attached hydrogen (secondary N) is 1. The lowest BCUT2D eigenvalue weighted by Gasteiger charge is -2.20. The Labute approximate surface area is 123 Å². The van der Waals surface area contributed by atoms with Crippen LogP contribution in [0.1, 0.15) is 0 Å². The maximum atomic E-state index is 5.28. The molecule has 0 saturated heterocycles. The van der Waals surface area contributed by atoms with E-state index in [1.807, 2.05) is 60.1 Å². The van der Waals surface area contributed by atoms with E-state index in [0.29, 0.717) is 0 Å². The zero-order valence-corrected chi connectivity index (χ0v) is 12.2. The second-order valence-electron chi connectivity index (χ2n) is 4.62. The quantitative estimate of drug-likeness (QED) is 0.797. The topological polar surface area (TPSA) is 54.7 Å². The number of hydrogen-bond donors (Lipinski definition) is 1. The van der Waals surface area contributed by atoms with Crippen molar-refractivity contribution < 1.29 is 4.74 Å². The number of nitrogens with zero attached hydrogens (tertiary/aromatic N) is 4. The first-order valence-electron chi connectivity index (χ1n) is 6.62. The molecule has 0 aliphatic carbocycles. The number of ether oxygens (including phenoxy) is 1. The highest BCUT2D eigenvalue weighted by Crippen LogP contribution is 2.28. The predicted molar refractivity (Wildman–Crippen MR) is 83.6 cm³/mol. The Morgan fingerprint density at radius 1 is 1.33 bits per heavy atom. The van der Waals surface area contributed by atoms with E-state index in [-0.39, 0.29) is 0 Å². The summed E-state index contributed by atoms with van der Waals surface area (Å²) in [6.07, 6.45) is 5.57. The Morgan fingerprint density at radius 2 is 2.19 bits per heavy atom. The van der Waals surface area contributed by atoms with Crippen molar-refractivity contribution in [2.24, 2.45) is 0 Å². The van der Waals surface area contributed by atoms with Crippen molar-refractivity contribution in [3.05, 3.63) is 42.9 Å². The number of aromatic nitrogens is 3. The van der Waals surface area contributed by atoms with Gasteiger partial charge in [-0.1, -0.05) is 6.07 Å². The molecule has 2 heterocycles. The van der Waals surface area contributed by atoms with Crippen LogP contribution in [0.2, 0.25) is 0 Å². The highest BCUT2D eigenvalue weighted by atomic mass is 16.5. The fourth-order valence-electron chi connectivity index (χ4n) is 2.20. The third-order valence-corrected chi connectivity index (χ3v) is 3.37. The fraction of sp³-hybridized carbons (Fsp3) is 0.200. The molecule has 0 amide bonds. The van der Waals surface area contributed by atoms with Crippen LogP contribution < -0.4 is 15.0 Å². The number of rotatable bonds is 4. The van der Waals surface area contributed by atoms with Crippen molar-refractivity contribution in [2.75, 3.05) is 31.4 Å². The summed E-state index contributed by atoms with van der Waals surface area (Å²) in [6, 6.07) is 7.85. The summed E-state index contributed by atoms with van der Waals surface area (Å²) < 4.78 is 7.23. The van der Waals surface area contributed by atoms with Gasteiger partial charge >= 0.3 is 0 Å². The Morgan fingerprint density at radius 3 is 2.95 bits per heavy atom. The first-order valence-corrected chi connectivity index (χ1v) is 6.62. The molecular formula is C15H17N5O. The van der Waals surface area contributed by atoms with Gasteiger partial charge in [-0.3, -0.25) is 0 Å². The zero-order chi connectivity index (χ0) is 14.8. The summed E-state index contributed by atoms with van der Waals surface area (Å²) in [6.45, 7) is 0. The van der Waals surface area contributed by atoms with Gasteiger partial charge in [-0.2, -0.15) is 0 Å². The molecule has 21 heavy (non-hydrogen) atoms. The van der Waals surface area contributed by atoms with Crippen LogP contribution in [0.5, 0.6) is 5.75 Å². The number of fused-ring (bicyclic) bond motifs is 1. The molecule has 108 valence electrons. The minimum absolute atomic E-state index is 0.778. The van der Waals surface area contributed by atoms with Crippen molar-refractivity contribution in [1.29, 1.82) is 0 Å². The van der Waals surface area contributed by atoms with Crippen LogP contribution in [-0.2, 0) is 0 Å². The molecule has 0 bridgehead atoms. The predicted octanol–water partition coefficient (Wildman–Crippen LogP) is 2.55. The van der Waals surface area contributed by atoms with Crippen molar-refractivity contribution in [1.82, 2.24) is 14.4 Å². The first-order chi connectivity index (χ1) is 10.2. The van der Waals surface area contributed by atoms with Gasteiger partial charge in [0, 0.05) is 38.2 Å². The largest absolute Gasteiger partial charge is 0.497 e. The molecule has 0 spiro atoms. The van der Waals surface area contributed by atoms with E-state index in [4.69, 9.17) is 4.74 Å². The molecule has 0 aliphatic heterocycles.